The largest absolute Gasteiger partial charge is 0.383 e. The molecule has 0 radical (unpaired) electrons. The molecule has 0 bridgehead atoms. The molecule has 1 aliphatic rings. The Bertz CT molecular complexity index is 230. The summed E-state index contributed by atoms with van der Waals surface area (Å²) in [4.78, 5) is 11.5. The number of hydrogen-bond donors (Lipinski definition) is 2. The molecule has 1 aliphatic carbocycles. The molecule has 0 aliphatic heterocycles. The molecule has 0 saturated heterocycles. The fourth-order valence-corrected chi connectivity index (χ4v) is 2.07. The Morgan fingerprint density at radius 2 is 2.18 bits per heavy atom. The van der Waals surface area contributed by atoms with Crippen molar-refractivity contribution in [2.24, 2.45) is 5.92 Å². The summed E-state index contributed by atoms with van der Waals surface area (Å²) in [5.41, 5.74) is 0. The molecular formula is C12H24N2O3. The summed E-state index contributed by atoms with van der Waals surface area (Å²) in [5.74, 6) is 0.645. The van der Waals surface area contributed by atoms with Crippen LogP contribution < -0.4 is 10.6 Å². The summed E-state index contributed by atoms with van der Waals surface area (Å²) in [6, 6.07) is 0.0366. The molecule has 0 heterocycles. The standard InChI is InChI=1S/C12H24N2O3/c1-9(7-16-3)14-12(15)8-17-11-4-10(5-11)6-13-2/h9-11,13H,4-8H2,1-3H3,(H,14,15). The lowest BCUT2D eigenvalue weighted by Gasteiger charge is -2.34. The molecule has 1 fully saturated rings. The first-order valence-electron chi connectivity index (χ1n) is 6.20. The molecule has 5 nitrogen and oxygen atoms in total. The molecule has 17 heavy (non-hydrogen) atoms. The molecule has 5 heteroatoms. The van der Waals surface area contributed by atoms with E-state index in [1.54, 1.807) is 7.11 Å². The van der Waals surface area contributed by atoms with Crippen molar-refractivity contribution in [3.63, 3.8) is 0 Å². The zero-order chi connectivity index (χ0) is 12.7. The SMILES string of the molecule is CNCC1CC(OCC(=O)NC(C)COC)C1. The second-order valence-corrected chi connectivity index (χ2v) is 4.75. The van der Waals surface area contributed by atoms with E-state index in [2.05, 4.69) is 10.6 Å². The molecule has 1 amide bonds. The lowest BCUT2D eigenvalue weighted by molar-refractivity contribution is -0.131. The monoisotopic (exact) mass is 244 g/mol. The Morgan fingerprint density at radius 3 is 2.76 bits per heavy atom. The van der Waals surface area contributed by atoms with Crippen molar-refractivity contribution in [1.29, 1.82) is 0 Å². The van der Waals surface area contributed by atoms with Gasteiger partial charge in [-0.1, -0.05) is 0 Å². The van der Waals surface area contributed by atoms with Gasteiger partial charge in [-0.05, 0) is 39.3 Å². The summed E-state index contributed by atoms with van der Waals surface area (Å²) in [6.45, 7) is 3.63. The smallest absolute Gasteiger partial charge is 0.246 e. The van der Waals surface area contributed by atoms with E-state index in [0.29, 0.717) is 12.5 Å². The summed E-state index contributed by atoms with van der Waals surface area (Å²) < 4.78 is 10.5. The number of nitrogens with one attached hydrogen (secondary N) is 2. The van der Waals surface area contributed by atoms with Crippen LogP contribution in [0.1, 0.15) is 19.8 Å². The average molecular weight is 244 g/mol. The Labute approximate surface area is 103 Å². The summed E-state index contributed by atoms with van der Waals surface area (Å²) >= 11 is 0. The highest BCUT2D eigenvalue weighted by atomic mass is 16.5. The summed E-state index contributed by atoms with van der Waals surface area (Å²) in [7, 11) is 3.58. The van der Waals surface area contributed by atoms with E-state index in [4.69, 9.17) is 9.47 Å². The third kappa shape index (κ3) is 5.48. The Kier molecular flexibility index (Phi) is 6.47. The van der Waals surface area contributed by atoms with Crippen LogP contribution in [0.4, 0.5) is 0 Å². The molecule has 1 saturated carbocycles. The Hall–Kier alpha value is -0.650. The van der Waals surface area contributed by atoms with Crippen LogP contribution in [-0.4, -0.2) is 52.0 Å². The minimum Gasteiger partial charge on any atom is -0.383 e. The van der Waals surface area contributed by atoms with Gasteiger partial charge in [-0.3, -0.25) is 4.79 Å². The van der Waals surface area contributed by atoms with Crippen LogP contribution in [0.25, 0.3) is 0 Å². The fraction of sp³-hybridized carbons (Fsp3) is 0.917. The molecule has 100 valence electrons. The summed E-state index contributed by atoms with van der Waals surface area (Å²) in [6.07, 6.45) is 2.38. The maximum atomic E-state index is 11.5. The van der Waals surface area contributed by atoms with Gasteiger partial charge in [0, 0.05) is 13.2 Å². The first kappa shape index (κ1) is 14.4. The third-order valence-corrected chi connectivity index (χ3v) is 2.96. The van der Waals surface area contributed by atoms with E-state index in [1.807, 2.05) is 14.0 Å². The van der Waals surface area contributed by atoms with Gasteiger partial charge in [0.25, 0.3) is 0 Å². The Balaban J connectivity index is 2.01. The van der Waals surface area contributed by atoms with Gasteiger partial charge < -0.3 is 20.1 Å². The lowest BCUT2D eigenvalue weighted by Crippen LogP contribution is -2.41. The predicted octanol–water partition coefficient (Wildman–Crippen LogP) is 0.152. The van der Waals surface area contributed by atoms with Gasteiger partial charge in [0.05, 0.1) is 12.7 Å². The van der Waals surface area contributed by atoms with E-state index in [0.717, 1.165) is 19.4 Å². The summed E-state index contributed by atoms with van der Waals surface area (Å²) in [5, 5.41) is 5.97. The van der Waals surface area contributed by atoms with Gasteiger partial charge in [-0.2, -0.15) is 0 Å². The highest BCUT2D eigenvalue weighted by Gasteiger charge is 2.29. The first-order chi connectivity index (χ1) is 8.15. The topological polar surface area (TPSA) is 59.6 Å². The Morgan fingerprint density at radius 1 is 1.47 bits per heavy atom. The van der Waals surface area contributed by atoms with E-state index in [-0.39, 0.29) is 24.7 Å². The molecule has 0 aromatic heterocycles. The van der Waals surface area contributed by atoms with Crippen molar-refractivity contribution in [3.05, 3.63) is 0 Å². The van der Waals surface area contributed by atoms with Crippen LogP contribution in [0.3, 0.4) is 0 Å². The zero-order valence-corrected chi connectivity index (χ0v) is 11.0. The van der Waals surface area contributed by atoms with Gasteiger partial charge in [0.15, 0.2) is 0 Å². The molecule has 1 unspecified atom stereocenters. The molecule has 0 aromatic carbocycles. The maximum absolute atomic E-state index is 11.5. The number of methoxy groups -OCH3 is 1. The van der Waals surface area contributed by atoms with Crippen LogP contribution in [0.2, 0.25) is 0 Å². The van der Waals surface area contributed by atoms with E-state index >= 15 is 0 Å². The number of amides is 1. The highest BCUT2D eigenvalue weighted by molar-refractivity contribution is 5.77. The highest BCUT2D eigenvalue weighted by Crippen LogP contribution is 2.29. The van der Waals surface area contributed by atoms with Crippen LogP contribution in [0, 0.1) is 5.92 Å². The first-order valence-corrected chi connectivity index (χ1v) is 6.20. The van der Waals surface area contributed by atoms with E-state index in [1.165, 1.54) is 0 Å². The molecule has 1 atom stereocenters. The number of hydrogen-bond acceptors (Lipinski definition) is 4. The third-order valence-electron chi connectivity index (χ3n) is 2.96. The molecule has 0 aromatic rings. The maximum Gasteiger partial charge on any atom is 0.246 e. The van der Waals surface area contributed by atoms with Gasteiger partial charge in [-0.15, -0.1) is 0 Å². The van der Waals surface area contributed by atoms with Crippen molar-refractivity contribution in [3.8, 4) is 0 Å². The van der Waals surface area contributed by atoms with Crippen LogP contribution in [0.5, 0.6) is 0 Å². The molecule has 0 spiro atoms. The molecule has 2 N–H and O–H groups in total. The number of carbonyl (C=O) groups excluding carboxylic acids is 1. The van der Waals surface area contributed by atoms with Gasteiger partial charge in [0.2, 0.25) is 5.91 Å². The van der Waals surface area contributed by atoms with Crippen molar-refractivity contribution in [1.82, 2.24) is 10.6 Å². The van der Waals surface area contributed by atoms with Crippen molar-refractivity contribution < 1.29 is 14.3 Å². The quantitative estimate of drug-likeness (QED) is 0.638. The van der Waals surface area contributed by atoms with Crippen molar-refractivity contribution >= 4 is 5.91 Å². The number of carbonyl (C=O) groups is 1. The zero-order valence-electron chi connectivity index (χ0n) is 11.0. The minimum absolute atomic E-state index is 0.0366. The van der Waals surface area contributed by atoms with Crippen LogP contribution >= 0.6 is 0 Å². The van der Waals surface area contributed by atoms with Crippen molar-refractivity contribution in [2.75, 3.05) is 33.9 Å². The normalized spacial score (nSPS) is 25.1. The van der Waals surface area contributed by atoms with Gasteiger partial charge in [0.1, 0.15) is 6.61 Å². The average Bonchev–Trinajstić information content (AvgIpc) is 2.21. The van der Waals surface area contributed by atoms with E-state index in [9.17, 15) is 4.79 Å². The van der Waals surface area contributed by atoms with Crippen LogP contribution in [0.15, 0.2) is 0 Å². The van der Waals surface area contributed by atoms with E-state index < -0.39 is 0 Å². The second-order valence-electron chi connectivity index (χ2n) is 4.75. The fourth-order valence-electron chi connectivity index (χ4n) is 2.07. The number of ether oxygens (including phenoxy) is 2. The molecule has 1 rings (SSSR count). The molecular weight excluding hydrogens is 220 g/mol. The van der Waals surface area contributed by atoms with Gasteiger partial charge in [-0.25, -0.2) is 0 Å². The lowest BCUT2D eigenvalue weighted by atomic mass is 9.82. The number of rotatable bonds is 8. The van der Waals surface area contributed by atoms with Crippen molar-refractivity contribution in [2.45, 2.75) is 31.9 Å². The second kappa shape index (κ2) is 7.63. The minimum atomic E-state index is -0.0633. The van der Waals surface area contributed by atoms with Crippen LogP contribution in [-0.2, 0) is 14.3 Å². The predicted molar refractivity (Wildman–Crippen MR) is 65.9 cm³/mol. The van der Waals surface area contributed by atoms with Gasteiger partial charge >= 0.3 is 0 Å².